The van der Waals surface area contributed by atoms with E-state index in [-0.39, 0.29) is 17.4 Å². The number of fused-ring (bicyclic) bond motifs is 1. The maximum absolute atomic E-state index is 13.8. The van der Waals surface area contributed by atoms with Crippen LogP contribution in [0.2, 0.25) is 5.02 Å². The number of rotatable bonds is 5. The van der Waals surface area contributed by atoms with Gasteiger partial charge in [-0.3, -0.25) is 0 Å². The Labute approximate surface area is 190 Å². The first kappa shape index (κ1) is 21.5. The normalized spacial score (nSPS) is 14.0. The number of benzene rings is 1. The lowest BCUT2D eigenvalue weighted by Crippen LogP contribution is -2.38. The van der Waals surface area contributed by atoms with Crippen LogP contribution >= 0.6 is 27.5 Å². The van der Waals surface area contributed by atoms with Crippen molar-refractivity contribution in [2.45, 2.75) is 12.8 Å². The van der Waals surface area contributed by atoms with Crippen LogP contribution in [-0.4, -0.2) is 35.6 Å². The van der Waals surface area contributed by atoms with Crippen molar-refractivity contribution in [1.29, 1.82) is 0 Å². The van der Waals surface area contributed by atoms with Gasteiger partial charge in [-0.1, -0.05) is 33.6 Å². The molecule has 2 aromatic heterocycles. The van der Waals surface area contributed by atoms with Crippen molar-refractivity contribution in [2.24, 2.45) is 5.73 Å². The molecule has 0 atom stereocenters. The molecule has 1 aromatic carbocycles. The standard InChI is InChI=1S/C21H19BrClFN4O3/c22-15-1-2-16(24)17(23)12(15)5-8-30-19-18-13(9-27-20(19)25)14(10-31-18)11-3-6-28(7-4-11)21(26)29/h1-3,9-10H,4-8H2,(H2,25,27)(H2,26,29). The van der Waals surface area contributed by atoms with E-state index in [2.05, 4.69) is 20.9 Å². The summed E-state index contributed by atoms with van der Waals surface area (Å²) >= 11 is 9.45. The Balaban J connectivity index is 1.57. The van der Waals surface area contributed by atoms with E-state index in [1.54, 1.807) is 23.4 Å². The summed E-state index contributed by atoms with van der Waals surface area (Å²) in [6.45, 7) is 1.16. The Morgan fingerprint density at radius 3 is 2.94 bits per heavy atom. The van der Waals surface area contributed by atoms with E-state index >= 15 is 0 Å². The second kappa shape index (κ2) is 8.76. The van der Waals surface area contributed by atoms with Crippen molar-refractivity contribution in [3.8, 4) is 5.75 Å². The van der Waals surface area contributed by atoms with E-state index < -0.39 is 11.8 Å². The van der Waals surface area contributed by atoms with Crippen LogP contribution in [0.3, 0.4) is 0 Å². The summed E-state index contributed by atoms with van der Waals surface area (Å²) in [6.07, 6.45) is 6.21. The van der Waals surface area contributed by atoms with Gasteiger partial charge < -0.3 is 25.5 Å². The van der Waals surface area contributed by atoms with Crippen LogP contribution in [0.25, 0.3) is 16.5 Å². The number of amides is 2. The highest BCUT2D eigenvalue weighted by Crippen LogP contribution is 2.37. The summed E-state index contributed by atoms with van der Waals surface area (Å²) in [4.78, 5) is 17.1. The molecule has 162 valence electrons. The van der Waals surface area contributed by atoms with E-state index in [4.69, 9.17) is 32.2 Å². The first-order valence-electron chi connectivity index (χ1n) is 9.51. The van der Waals surface area contributed by atoms with Crippen LogP contribution in [0.4, 0.5) is 15.0 Å². The van der Waals surface area contributed by atoms with E-state index in [1.165, 1.54) is 6.07 Å². The van der Waals surface area contributed by atoms with Crippen molar-refractivity contribution in [3.05, 3.63) is 57.1 Å². The SMILES string of the molecule is NC(=O)N1CC=C(c2coc3c(OCCc4c(Br)ccc(F)c4Cl)c(N)ncc23)CC1. The summed E-state index contributed by atoms with van der Waals surface area (Å²) in [5.74, 6) is 0.0207. The van der Waals surface area contributed by atoms with Gasteiger partial charge in [0.1, 0.15) is 5.82 Å². The summed E-state index contributed by atoms with van der Waals surface area (Å²) in [6, 6.07) is 2.46. The number of hydrogen-bond acceptors (Lipinski definition) is 5. The molecule has 0 bridgehead atoms. The molecular weight excluding hydrogens is 491 g/mol. The van der Waals surface area contributed by atoms with Crippen LogP contribution in [0, 0.1) is 5.82 Å². The average Bonchev–Trinajstić information content (AvgIpc) is 3.19. The number of halogens is 3. The van der Waals surface area contributed by atoms with Gasteiger partial charge in [-0.25, -0.2) is 14.2 Å². The molecule has 0 spiro atoms. The molecule has 4 N–H and O–H groups in total. The largest absolute Gasteiger partial charge is 0.486 e. The number of hydrogen-bond donors (Lipinski definition) is 2. The molecule has 0 unspecified atom stereocenters. The number of carbonyl (C=O) groups excluding carboxylic acids is 1. The zero-order valence-electron chi connectivity index (χ0n) is 16.3. The number of pyridine rings is 1. The van der Waals surface area contributed by atoms with E-state index in [0.29, 0.717) is 47.3 Å². The molecule has 4 rings (SSSR count). The first-order chi connectivity index (χ1) is 14.9. The van der Waals surface area contributed by atoms with Crippen LogP contribution in [-0.2, 0) is 6.42 Å². The highest BCUT2D eigenvalue weighted by Gasteiger charge is 2.21. The lowest BCUT2D eigenvalue weighted by molar-refractivity contribution is 0.213. The van der Waals surface area contributed by atoms with Gasteiger partial charge in [0.15, 0.2) is 11.4 Å². The highest BCUT2D eigenvalue weighted by atomic mass is 79.9. The predicted octanol–water partition coefficient (Wildman–Crippen LogP) is 4.75. The fourth-order valence-corrected chi connectivity index (χ4v) is 4.44. The summed E-state index contributed by atoms with van der Waals surface area (Å²) < 4.78 is 26.1. The topological polar surface area (TPSA) is 108 Å². The number of nitrogens with two attached hydrogens (primary N) is 2. The lowest BCUT2D eigenvalue weighted by Gasteiger charge is -2.24. The maximum atomic E-state index is 13.8. The predicted molar refractivity (Wildman–Crippen MR) is 120 cm³/mol. The summed E-state index contributed by atoms with van der Waals surface area (Å²) in [7, 11) is 0. The minimum Gasteiger partial charge on any atom is -0.486 e. The van der Waals surface area contributed by atoms with Gasteiger partial charge in [0.05, 0.1) is 23.3 Å². The fraction of sp³-hybridized carbons (Fsp3) is 0.238. The van der Waals surface area contributed by atoms with Crippen molar-refractivity contribution in [3.63, 3.8) is 0 Å². The van der Waals surface area contributed by atoms with Gasteiger partial charge in [0, 0.05) is 35.7 Å². The molecule has 0 radical (unpaired) electrons. The smallest absolute Gasteiger partial charge is 0.315 e. The molecule has 0 aliphatic carbocycles. The van der Waals surface area contributed by atoms with Crippen LogP contribution in [0.1, 0.15) is 17.5 Å². The van der Waals surface area contributed by atoms with Gasteiger partial charge in [0.2, 0.25) is 5.75 Å². The number of urea groups is 1. The van der Waals surface area contributed by atoms with Gasteiger partial charge >= 0.3 is 6.03 Å². The van der Waals surface area contributed by atoms with Crippen LogP contribution in [0.5, 0.6) is 5.75 Å². The molecule has 1 aliphatic rings. The Bertz CT molecular complexity index is 1200. The Hall–Kier alpha value is -2.78. The second-order valence-electron chi connectivity index (χ2n) is 7.05. The second-order valence-corrected chi connectivity index (χ2v) is 8.28. The fourth-order valence-electron chi connectivity index (χ4n) is 3.54. The number of carbonyl (C=O) groups is 1. The zero-order chi connectivity index (χ0) is 22.1. The monoisotopic (exact) mass is 508 g/mol. The lowest BCUT2D eigenvalue weighted by atomic mass is 9.99. The number of furan rings is 1. The number of ether oxygens (including phenoxy) is 1. The van der Waals surface area contributed by atoms with Gasteiger partial charge in [-0.05, 0) is 29.7 Å². The molecule has 0 saturated carbocycles. The number of nitrogen functional groups attached to an aromatic ring is 1. The van der Waals surface area contributed by atoms with Crippen molar-refractivity contribution in [2.75, 3.05) is 25.4 Å². The number of aromatic nitrogens is 1. The number of nitrogens with zero attached hydrogens (tertiary/aromatic N) is 2. The summed E-state index contributed by atoms with van der Waals surface area (Å²) in [5.41, 5.74) is 14.3. The third-order valence-electron chi connectivity index (χ3n) is 5.21. The Morgan fingerprint density at radius 1 is 1.42 bits per heavy atom. The molecule has 1 aliphatic heterocycles. The molecule has 10 heteroatoms. The van der Waals surface area contributed by atoms with E-state index in [1.807, 2.05) is 6.08 Å². The molecule has 2 amide bonds. The molecule has 3 aromatic rings. The highest BCUT2D eigenvalue weighted by molar-refractivity contribution is 9.10. The minimum atomic E-state index is -0.491. The molecule has 0 saturated heterocycles. The third-order valence-corrected chi connectivity index (χ3v) is 6.36. The van der Waals surface area contributed by atoms with Gasteiger partial charge in [0.25, 0.3) is 0 Å². The van der Waals surface area contributed by atoms with Gasteiger partial charge in [-0.2, -0.15) is 0 Å². The number of primary amides is 1. The van der Waals surface area contributed by atoms with Gasteiger partial charge in [-0.15, -0.1) is 0 Å². The Kier molecular flexibility index (Phi) is 6.06. The minimum absolute atomic E-state index is 0.0526. The zero-order valence-corrected chi connectivity index (χ0v) is 18.7. The molecular formula is C21H19BrClFN4O3. The van der Waals surface area contributed by atoms with Crippen molar-refractivity contribution in [1.82, 2.24) is 9.88 Å². The number of anilines is 1. The van der Waals surface area contributed by atoms with Crippen molar-refractivity contribution < 1.29 is 18.3 Å². The van der Waals surface area contributed by atoms with Crippen molar-refractivity contribution >= 4 is 55.9 Å². The summed E-state index contributed by atoms with van der Waals surface area (Å²) in [5, 5.41) is 0.810. The third kappa shape index (κ3) is 4.20. The molecule has 3 heterocycles. The molecule has 7 nitrogen and oxygen atoms in total. The first-order valence-corrected chi connectivity index (χ1v) is 10.7. The van der Waals surface area contributed by atoms with E-state index in [9.17, 15) is 9.18 Å². The van der Waals surface area contributed by atoms with E-state index in [0.717, 1.165) is 16.5 Å². The average molecular weight is 510 g/mol. The van der Waals surface area contributed by atoms with Crippen LogP contribution < -0.4 is 16.2 Å². The van der Waals surface area contributed by atoms with Crippen LogP contribution in [0.15, 0.2) is 39.6 Å². The molecule has 0 fully saturated rings. The Morgan fingerprint density at radius 2 is 2.23 bits per heavy atom. The quantitative estimate of drug-likeness (QED) is 0.483. The maximum Gasteiger partial charge on any atom is 0.315 e. The molecule has 31 heavy (non-hydrogen) atoms.